The first-order chi connectivity index (χ1) is 9.29. The topological polar surface area (TPSA) is 76.1 Å². The van der Waals surface area contributed by atoms with Crippen LogP contribution in [-0.4, -0.2) is 19.3 Å². The number of nitrogens with zero attached hydrogens (tertiary/aromatic N) is 1. The molecule has 0 saturated heterocycles. The highest BCUT2D eigenvalue weighted by atomic mass is 35.5. The molecule has 110 valence electrons. The predicted octanol–water partition coefficient (Wildman–Crippen LogP) is 2.28. The largest absolute Gasteiger partial charge is 0.274 e. The third kappa shape index (κ3) is 3.70. The Balaban J connectivity index is 2.08. The van der Waals surface area contributed by atoms with Gasteiger partial charge in [0, 0.05) is 12.1 Å². The van der Waals surface area contributed by atoms with E-state index >= 15 is 0 Å². The summed E-state index contributed by atoms with van der Waals surface area (Å²) in [6.07, 6.45) is 2.45. The van der Waals surface area contributed by atoms with Crippen LogP contribution < -0.4 is 4.72 Å². The van der Waals surface area contributed by atoms with Crippen LogP contribution in [0.4, 0.5) is 0 Å². The van der Waals surface area contributed by atoms with E-state index in [0.29, 0.717) is 11.6 Å². The van der Waals surface area contributed by atoms with Gasteiger partial charge in [0.05, 0.1) is 0 Å². The van der Waals surface area contributed by atoms with Crippen LogP contribution in [0.15, 0.2) is 17.0 Å². The molecule has 1 saturated carbocycles. The third-order valence-electron chi connectivity index (χ3n) is 3.43. The van der Waals surface area contributed by atoms with Crippen molar-refractivity contribution in [1.82, 2.24) is 9.71 Å². The molecule has 0 bridgehead atoms. The fourth-order valence-corrected chi connectivity index (χ4v) is 3.59. The fourth-order valence-electron chi connectivity index (χ4n) is 2.08. The van der Waals surface area contributed by atoms with Gasteiger partial charge in [-0.3, -0.25) is 4.79 Å². The van der Waals surface area contributed by atoms with E-state index in [9.17, 15) is 13.2 Å². The van der Waals surface area contributed by atoms with Crippen molar-refractivity contribution in [3.63, 3.8) is 0 Å². The molecule has 7 heteroatoms. The Bertz CT molecular complexity index is 627. The highest BCUT2D eigenvalue weighted by Crippen LogP contribution is 2.38. The molecular formula is C13H17ClN2O3S. The average Bonchev–Trinajstić information content (AvgIpc) is 3.10. The van der Waals surface area contributed by atoms with Gasteiger partial charge in [-0.25, -0.2) is 18.1 Å². The number of aryl methyl sites for hydroxylation is 1. The van der Waals surface area contributed by atoms with Crippen molar-refractivity contribution in [1.29, 1.82) is 0 Å². The number of pyridine rings is 1. The number of hydrogen-bond donors (Lipinski definition) is 1. The second kappa shape index (κ2) is 5.69. The van der Waals surface area contributed by atoms with Gasteiger partial charge in [-0.2, -0.15) is 0 Å². The molecule has 1 aromatic heterocycles. The number of carbonyl (C=O) groups is 1. The van der Waals surface area contributed by atoms with Gasteiger partial charge in [0.1, 0.15) is 10.0 Å². The summed E-state index contributed by atoms with van der Waals surface area (Å²) < 4.78 is 26.2. The van der Waals surface area contributed by atoms with Crippen molar-refractivity contribution in [2.24, 2.45) is 11.8 Å². The van der Waals surface area contributed by atoms with E-state index in [-0.39, 0.29) is 22.4 Å². The Morgan fingerprint density at radius 1 is 1.50 bits per heavy atom. The molecule has 1 aliphatic carbocycles. The predicted molar refractivity (Wildman–Crippen MR) is 75.8 cm³/mol. The summed E-state index contributed by atoms with van der Waals surface area (Å²) in [4.78, 5) is 15.5. The van der Waals surface area contributed by atoms with E-state index in [2.05, 4.69) is 9.71 Å². The third-order valence-corrected chi connectivity index (χ3v) is 5.23. The number of nitrogens with one attached hydrogen (secondary N) is 1. The summed E-state index contributed by atoms with van der Waals surface area (Å²) in [5, 5.41) is -0.124. The summed E-state index contributed by atoms with van der Waals surface area (Å²) in [6.45, 7) is 3.67. The number of hydrogen-bond acceptors (Lipinski definition) is 4. The van der Waals surface area contributed by atoms with Crippen LogP contribution in [0.1, 0.15) is 31.9 Å². The molecule has 1 aliphatic rings. The summed E-state index contributed by atoms with van der Waals surface area (Å²) in [5.74, 6) is 0.255. The van der Waals surface area contributed by atoms with E-state index in [1.807, 2.05) is 6.92 Å². The van der Waals surface area contributed by atoms with E-state index in [4.69, 9.17) is 11.6 Å². The second-order valence-electron chi connectivity index (χ2n) is 5.29. The molecule has 1 N–H and O–H groups in total. The maximum Gasteiger partial charge on any atom is 0.267 e. The lowest BCUT2D eigenvalue weighted by Crippen LogP contribution is -2.32. The second-order valence-corrected chi connectivity index (χ2v) is 7.30. The Labute approximate surface area is 123 Å². The smallest absolute Gasteiger partial charge is 0.267 e. The molecule has 0 spiro atoms. The zero-order valence-corrected chi connectivity index (χ0v) is 13.0. The number of amides is 1. The van der Waals surface area contributed by atoms with Crippen molar-refractivity contribution in [3.05, 3.63) is 23.0 Å². The summed E-state index contributed by atoms with van der Waals surface area (Å²) in [7, 11) is -3.95. The number of aromatic nitrogens is 1. The highest BCUT2D eigenvalue weighted by molar-refractivity contribution is 7.90. The van der Waals surface area contributed by atoms with E-state index < -0.39 is 15.9 Å². The minimum Gasteiger partial charge on any atom is -0.274 e. The molecule has 1 aromatic rings. The summed E-state index contributed by atoms with van der Waals surface area (Å²) in [6, 6.07) is 2.89. The normalized spacial score (nSPS) is 16.8. The van der Waals surface area contributed by atoms with Gasteiger partial charge in [-0.15, -0.1) is 0 Å². The maximum atomic E-state index is 12.1. The SMILES string of the molecule is Cc1ccc(S(=O)(=O)NC(=O)CC(C)C2CC2)c(Cl)n1. The maximum absolute atomic E-state index is 12.1. The number of carbonyl (C=O) groups excluding carboxylic acids is 1. The molecule has 5 nitrogen and oxygen atoms in total. The first-order valence-electron chi connectivity index (χ1n) is 6.48. The Kier molecular flexibility index (Phi) is 4.34. The van der Waals surface area contributed by atoms with Crippen LogP contribution in [0.5, 0.6) is 0 Å². The highest BCUT2D eigenvalue weighted by Gasteiger charge is 2.30. The Morgan fingerprint density at radius 2 is 2.15 bits per heavy atom. The number of rotatable bonds is 5. The van der Waals surface area contributed by atoms with Crippen molar-refractivity contribution in [2.45, 2.75) is 38.0 Å². The number of sulfonamides is 1. The van der Waals surface area contributed by atoms with Crippen LogP contribution in [0.3, 0.4) is 0 Å². The first kappa shape index (κ1) is 15.3. The summed E-state index contributed by atoms with van der Waals surface area (Å²) >= 11 is 5.82. The quantitative estimate of drug-likeness (QED) is 0.846. The fraction of sp³-hybridized carbons (Fsp3) is 0.538. The average molecular weight is 317 g/mol. The van der Waals surface area contributed by atoms with Gasteiger partial charge in [0.25, 0.3) is 10.0 Å². The molecule has 0 radical (unpaired) electrons. The molecule has 20 heavy (non-hydrogen) atoms. The molecule has 2 rings (SSSR count). The lowest BCUT2D eigenvalue weighted by atomic mass is 10.0. The van der Waals surface area contributed by atoms with Crippen molar-refractivity contribution < 1.29 is 13.2 Å². The van der Waals surface area contributed by atoms with Crippen molar-refractivity contribution >= 4 is 27.5 Å². The summed E-state index contributed by atoms with van der Waals surface area (Å²) in [5.41, 5.74) is 0.614. The Hall–Kier alpha value is -1.14. The molecule has 1 heterocycles. The Morgan fingerprint density at radius 3 is 2.70 bits per heavy atom. The minimum atomic E-state index is -3.95. The standard InChI is InChI=1S/C13H17ClN2O3S/c1-8(10-4-5-10)7-12(17)16-20(18,19)11-6-3-9(2)15-13(11)14/h3,6,8,10H,4-5,7H2,1-2H3,(H,16,17). The van der Waals surface area contributed by atoms with Gasteiger partial charge < -0.3 is 0 Å². The minimum absolute atomic E-state index is 0.124. The molecule has 1 amide bonds. The lowest BCUT2D eigenvalue weighted by Gasteiger charge is -2.11. The molecule has 1 fully saturated rings. The van der Waals surface area contributed by atoms with Crippen LogP contribution in [0.2, 0.25) is 5.15 Å². The van der Waals surface area contributed by atoms with Gasteiger partial charge in [0.2, 0.25) is 5.91 Å². The van der Waals surface area contributed by atoms with Crippen LogP contribution in [-0.2, 0) is 14.8 Å². The molecule has 0 aromatic carbocycles. The molecule has 1 atom stereocenters. The van der Waals surface area contributed by atoms with Crippen molar-refractivity contribution in [3.8, 4) is 0 Å². The van der Waals surface area contributed by atoms with Gasteiger partial charge >= 0.3 is 0 Å². The molecule has 0 aliphatic heterocycles. The van der Waals surface area contributed by atoms with E-state index in [1.54, 1.807) is 6.92 Å². The van der Waals surface area contributed by atoms with Crippen LogP contribution in [0.25, 0.3) is 0 Å². The zero-order valence-electron chi connectivity index (χ0n) is 11.4. The van der Waals surface area contributed by atoms with Crippen LogP contribution >= 0.6 is 11.6 Å². The van der Waals surface area contributed by atoms with Crippen molar-refractivity contribution in [2.75, 3.05) is 0 Å². The monoisotopic (exact) mass is 316 g/mol. The van der Waals surface area contributed by atoms with Gasteiger partial charge in [0.15, 0.2) is 0 Å². The van der Waals surface area contributed by atoms with Crippen LogP contribution in [0, 0.1) is 18.8 Å². The van der Waals surface area contributed by atoms with E-state index in [1.165, 1.54) is 12.1 Å². The molecular weight excluding hydrogens is 300 g/mol. The first-order valence-corrected chi connectivity index (χ1v) is 8.34. The molecule has 1 unspecified atom stereocenters. The van der Waals surface area contributed by atoms with Gasteiger partial charge in [-0.05, 0) is 43.7 Å². The number of halogens is 1. The van der Waals surface area contributed by atoms with Gasteiger partial charge in [-0.1, -0.05) is 18.5 Å². The van der Waals surface area contributed by atoms with E-state index in [0.717, 1.165) is 12.8 Å². The zero-order chi connectivity index (χ0) is 14.9. The lowest BCUT2D eigenvalue weighted by molar-refractivity contribution is -0.120.